The molecule has 0 amide bonds. The van der Waals surface area contributed by atoms with E-state index in [4.69, 9.17) is 12.6 Å². The molecule has 0 saturated heterocycles. The highest BCUT2D eigenvalue weighted by atomic mass is 32.1. The third-order valence-electron chi connectivity index (χ3n) is 0.821. The second kappa shape index (κ2) is 6.31. The number of unbranched alkanes of at least 4 members (excludes halogenated alkanes) is 1. The number of rotatable bonds is 4. The lowest BCUT2D eigenvalue weighted by Gasteiger charge is -1.92. The van der Waals surface area contributed by atoms with Gasteiger partial charge < -0.3 is 5.32 Å². The quantitative estimate of drug-likeness (QED) is 0.547. The van der Waals surface area contributed by atoms with E-state index in [9.17, 15) is 0 Å². The van der Waals surface area contributed by atoms with Gasteiger partial charge in [0, 0.05) is 5.75 Å². The van der Waals surface area contributed by atoms with E-state index in [0.29, 0.717) is 0 Å². The highest BCUT2D eigenvalue weighted by molar-refractivity contribution is 7.80. The zero-order valence-corrected chi connectivity index (χ0v) is 5.55. The van der Waals surface area contributed by atoms with Crippen LogP contribution in [0, 0.1) is 0 Å². The van der Waals surface area contributed by atoms with E-state index >= 15 is 0 Å². The fourth-order valence-electron chi connectivity index (χ4n) is 0.404. The van der Waals surface area contributed by atoms with Crippen LogP contribution in [0.2, 0.25) is 0 Å². The van der Waals surface area contributed by atoms with Gasteiger partial charge in [-0.05, 0) is 26.4 Å². The zero-order valence-electron chi connectivity index (χ0n) is 4.74. The molecule has 1 N–H and O–H groups in total. The second-order valence-corrected chi connectivity index (χ2v) is 1.92. The molecule has 7 heavy (non-hydrogen) atoms. The van der Waals surface area contributed by atoms with Gasteiger partial charge in [0.25, 0.3) is 0 Å². The van der Waals surface area contributed by atoms with Crippen LogP contribution in [0.15, 0.2) is 0 Å². The van der Waals surface area contributed by atoms with Gasteiger partial charge in [0.2, 0.25) is 0 Å². The molecule has 0 aromatic carbocycles. The van der Waals surface area contributed by atoms with Crippen LogP contribution in [0.25, 0.3) is 0 Å². The summed E-state index contributed by atoms with van der Waals surface area (Å²) < 4.78 is 0. The summed E-state index contributed by atoms with van der Waals surface area (Å²) in [6, 6.07) is 0. The summed E-state index contributed by atoms with van der Waals surface area (Å²) in [5.74, 6) is 0.904. The van der Waals surface area contributed by atoms with E-state index in [1.54, 1.807) is 0 Å². The maximum absolute atomic E-state index is 4.74. The van der Waals surface area contributed by atoms with Crippen molar-refractivity contribution in [3.05, 3.63) is 0 Å². The predicted molar refractivity (Wildman–Crippen MR) is 35.6 cm³/mol. The number of hydrogen-bond acceptors (Lipinski definition) is 1. The van der Waals surface area contributed by atoms with Crippen LogP contribution in [-0.4, -0.2) is 19.3 Å². The van der Waals surface area contributed by atoms with Crippen molar-refractivity contribution in [1.29, 1.82) is 0 Å². The Morgan fingerprint density at radius 2 is 2.14 bits per heavy atom. The summed E-state index contributed by atoms with van der Waals surface area (Å²) in [6.45, 7) is 1.11. The van der Waals surface area contributed by atoms with Crippen molar-refractivity contribution in [1.82, 2.24) is 5.32 Å². The Morgan fingerprint density at radius 3 is 2.57 bits per heavy atom. The first-order chi connectivity index (χ1) is 3.41. The second-order valence-electron chi connectivity index (χ2n) is 1.51. The van der Waals surface area contributed by atoms with E-state index in [1.807, 2.05) is 7.05 Å². The Bertz CT molecular complexity index is 27.3. The minimum atomic E-state index is 0.904. The van der Waals surface area contributed by atoms with Crippen LogP contribution in [0.4, 0.5) is 0 Å². The Balaban J connectivity index is 2.45. The van der Waals surface area contributed by atoms with Gasteiger partial charge in [0.15, 0.2) is 0 Å². The van der Waals surface area contributed by atoms with Gasteiger partial charge in [-0.15, -0.1) is 0 Å². The topological polar surface area (TPSA) is 12.0 Å². The molecule has 0 atom stereocenters. The molecule has 0 heterocycles. The summed E-state index contributed by atoms with van der Waals surface area (Å²) in [6.07, 6.45) is 2.40. The van der Waals surface area contributed by atoms with Gasteiger partial charge in [-0.3, -0.25) is 0 Å². The molecule has 43 valence electrons. The maximum Gasteiger partial charge on any atom is 0.00374 e. The van der Waals surface area contributed by atoms with Crippen LogP contribution >= 0.6 is 12.6 Å². The highest BCUT2D eigenvalue weighted by Crippen LogP contribution is 1.87. The minimum Gasteiger partial charge on any atom is -0.320 e. The van der Waals surface area contributed by atoms with Crippen molar-refractivity contribution in [3.8, 4) is 0 Å². The molecule has 2 heteroatoms. The SMILES string of the molecule is CNCCCC[S]. The van der Waals surface area contributed by atoms with Crippen LogP contribution in [-0.2, 0) is 0 Å². The Kier molecular flexibility index (Phi) is 6.59. The number of nitrogens with one attached hydrogen (secondary N) is 1. The summed E-state index contributed by atoms with van der Waals surface area (Å²) in [5.41, 5.74) is 0. The van der Waals surface area contributed by atoms with Crippen molar-refractivity contribution < 1.29 is 0 Å². The lowest BCUT2D eigenvalue weighted by molar-refractivity contribution is 0.715. The molecule has 0 aliphatic heterocycles. The Hall–Kier alpha value is 0.310. The Labute approximate surface area is 50.9 Å². The van der Waals surface area contributed by atoms with Crippen molar-refractivity contribution in [2.24, 2.45) is 0 Å². The molecule has 0 saturated carbocycles. The van der Waals surface area contributed by atoms with Crippen molar-refractivity contribution in [2.75, 3.05) is 19.3 Å². The molecule has 0 aliphatic rings. The first-order valence-electron chi connectivity index (χ1n) is 2.64. The fourth-order valence-corrected chi connectivity index (χ4v) is 0.608. The normalized spacial score (nSPS) is 9.43. The lowest BCUT2D eigenvalue weighted by atomic mass is 10.3. The largest absolute Gasteiger partial charge is 0.320 e. The third kappa shape index (κ3) is 6.31. The smallest absolute Gasteiger partial charge is 0.00374 e. The van der Waals surface area contributed by atoms with E-state index in [-0.39, 0.29) is 0 Å². The van der Waals surface area contributed by atoms with Crippen LogP contribution < -0.4 is 5.32 Å². The molecule has 0 fully saturated rings. The lowest BCUT2D eigenvalue weighted by Crippen LogP contribution is -2.06. The van der Waals surface area contributed by atoms with Crippen LogP contribution in [0.5, 0.6) is 0 Å². The molecule has 0 aliphatic carbocycles. The average molecular weight is 118 g/mol. The molecule has 0 rings (SSSR count). The summed E-state index contributed by atoms with van der Waals surface area (Å²) in [5, 5.41) is 3.06. The zero-order chi connectivity index (χ0) is 5.54. The molecular weight excluding hydrogens is 106 g/mol. The molecule has 0 spiro atoms. The average Bonchev–Trinajstić information content (AvgIpc) is 1.69. The summed E-state index contributed by atoms with van der Waals surface area (Å²) in [7, 11) is 1.96. The van der Waals surface area contributed by atoms with E-state index in [1.165, 1.54) is 12.8 Å². The van der Waals surface area contributed by atoms with E-state index in [2.05, 4.69) is 5.32 Å². The molecule has 0 unspecified atom stereocenters. The van der Waals surface area contributed by atoms with Gasteiger partial charge in [-0.25, -0.2) is 0 Å². The van der Waals surface area contributed by atoms with E-state index < -0.39 is 0 Å². The molecule has 0 aromatic rings. The van der Waals surface area contributed by atoms with Crippen LogP contribution in [0.3, 0.4) is 0 Å². The fraction of sp³-hybridized carbons (Fsp3) is 1.00. The van der Waals surface area contributed by atoms with Gasteiger partial charge >= 0.3 is 0 Å². The van der Waals surface area contributed by atoms with Gasteiger partial charge in [0.1, 0.15) is 0 Å². The summed E-state index contributed by atoms with van der Waals surface area (Å²) >= 11 is 4.74. The first kappa shape index (κ1) is 7.31. The molecule has 0 aromatic heterocycles. The maximum atomic E-state index is 4.74. The monoisotopic (exact) mass is 118 g/mol. The van der Waals surface area contributed by atoms with Crippen molar-refractivity contribution in [2.45, 2.75) is 12.8 Å². The molecular formula is C5H12NS. The molecule has 0 bridgehead atoms. The summed E-state index contributed by atoms with van der Waals surface area (Å²) in [4.78, 5) is 0. The molecule has 1 radical (unpaired) electrons. The third-order valence-corrected chi connectivity index (χ3v) is 1.11. The number of hydrogen-bond donors (Lipinski definition) is 1. The Morgan fingerprint density at radius 1 is 1.43 bits per heavy atom. The highest BCUT2D eigenvalue weighted by Gasteiger charge is 1.79. The van der Waals surface area contributed by atoms with Crippen molar-refractivity contribution >= 4 is 12.6 Å². The van der Waals surface area contributed by atoms with Crippen molar-refractivity contribution in [3.63, 3.8) is 0 Å². The van der Waals surface area contributed by atoms with Gasteiger partial charge in [-0.1, -0.05) is 12.6 Å². The standard InChI is InChI=1S/C5H12NS/c1-6-4-2-3-5-7/h6H,2-5H2,1H3. The minimum absolute atomic E-state index is 0.904. The van der Waals surface area contributed by atoms with Crippen LogP contribution in [0.1, 0.15) is 12.8 Å². The predicted octanol–water partition coefficient (Wildman–Crippen LogP) is 1.18. The molecule has 1 nitrogen and oxygen atoms in total. The van der Waals surface area contributed by atoms with Gasteiger partial charge in [-0.2, -0.15) is 0 Å². The van der Waals surface area contributed by atoms with Gasteiger partial charge in [0.05, 0.1) is 0 Å². The first-order valence-corrected chi connectivity index (χ1v) is 3.22. The van der Waals surface area contributed by atoms with E-state index in [0.717, 1.165) is 12.3 Å².